The zero-order chi connectivity index (χ0) is 23.1. The lowest BCUT2D eigenvalue weighted by Crippen LogP contribution is -2.41. The van der Waals surface area contributed by atoms with Crippen LogP contribution < -0.4 is 14.4 Å². The monoisotopic (exact) mass is 460 g/mol. The molecule has 0 radical (unpaired) electrons. The number of carbonyl (C=O) groups is 1. The fourth-order valence-electron chi connectivity index (χ4n) is 2.98. The van der Waals surface area contributed by atoms with Crippen molar-refractivity contribution in [1.82, 2.24) is 5.32 Å². The van der Waals surface area contributed by atoms with E-state index in [1.807, 2.05) is 0 Å². The van der Waals surface area contributed by atoms with E-state index in [9.17, 15) is 22.0 Å². The van der Waals surface area contributed by atoms with Crippen molar-refractivity contribution in [2.24, 2.45) is 0 Å². The van der Waals surface area contributed by atoms with Gasteiger partial charge >= 0.3 is 0 Å². The van der Waals surface area contributed by atoms with Gasteiger partial charge in [-0.25, -0.2) is 17.2 Å². The Kier molecular flexibility index (Phi) is 7.42. The predicted molar refractivity (Wildman–Crippen MR) is 117 cm³/mol. The van der Waals surface area contributed by atoms with E-state index in [1.54, 1.807) is 12.1 Å². The molecule has 0 atom stereocenters. The third-order valence-electron chi connectivity index (χ3n) is 4.70. The summed E-state index contributed by atoms with van der Waals surface area (Å²) in [5.74, 6) is -0.930. The molecule has 0 saturated carbocycles. The smallest absolute Gasteiger partial charge is 0.264 e. The van der Waals surface area contributed by atoms with Crippen molar-refractivity contribution < 1.29 is 26.7 Å². The number of hydrogen-bond donors (Lipinski definition) is 1. The summed E-state index contributed by atoms with van der Waals surface area (Å²) >= 11 is 0. The van der Waals surface area contributed by atoms with E-state index in [1.165, 1.54) is 55.6 Å². The minimum absolute atomic E-state index is 0.0401. The highest BCUT2D eigenvalue weighted by Crippen LogP contribution is 2.25. The minimum atomic E-state index is -4.12. The number of ether oxygens (including phenoxy) is 1. The van der Waals surface area contributed by atoms with Gasteiger partial charge in [0.2, 0.25) is 5.91 Å². The molecule has 1 amide bonds. The van der Waals surface area contributed by atoms with Crippen molar-refractivity contribution in [3.63, 3.8) is 0 Å². The van der Waals surface area contributed by atoms with Crippen LogP contribution in [0, 0.1) is 11.6 Å². The first-order valence-corrected chi connectivity index (χ1v) is 11.2. The number of nitrogens with zero attached hydrogens (tertiary/aromatic N) is 1. The lowest BCUT2D eigenvalue weighted by atomic mass is 10.1. The van der Waals surface area contributed by atoms with Gasteiger partial charge in [0, 0.05) is 6.54 Å². The van der Waals surface area contributed by atoms with Crippen LogP contribution >= 0.6 is 0 Å². The molecule has 0 fully saturated rings. The first kappa shape index (κ1) is 23.2. The third kappa shape index (κ3) is 5.82. The van der Waals surface area contributed by atoms with Gasteiger partial charge in [-0.05, 0) is 72.6 Å². The summed E-state index contributed by atoms with van der Waals surface area (Å²) in [6, 6.07) is 16.5. The van der Waals surface area contributed by atoms with E-state index >= 15 is 0 Å². The Morgan fingerprint density at radius 3 is 2.03 bits per heavy atom. The Bertz CT molecular complexity index is 1150. The number of sulfonamides is 1. The SMILES string of the molecule is COc1ccc(S(=O)(=O)N(CC(=O)NCCc2ccc(F)cc2)c2ccc(F)cc2)cc1. The molecule has 3 aromatic carbocycles. The number of hydrogen-bond acceptors (Lipinski definition) is 4. The number of amides is 1. The van der Waals surface area contributed by atoms with Crippen LogP contribution in [0.25, 0.3) is 0 Å². The number of nitrogens with one attached hydrogen (secondary N) is 1. The van der Waals surface area contributed by atoms with E-state index in [0.29, 0.717) is 12.2 Å². The summed E-state index contributed by atoms with van der Waals surface area (Å²) in [6.45, 7) is -0.256. The largest absolute Gasteiger partial charge is 0.497 e. The van der Waals surface area contributed by atoms with Crippen molar-refractivity contribution in [1.29, 1.82) is 0 Å². The molecule has 3 aromatic rings. The van der Waals surface area contributed by atoms with Gasteiger partial charge in [-0.15, -0.1) is 0 Å². The Balaban J connectivity index is 1.77. The molecular formula is C23H22F2N2O4S. The van der Waals surface area contributed by atoms with E-state index < -0.39 is 28.3 Å². The molecule has 0 spiro atoms. The zero-order valence-corrected chi connectivity index (χ0v) is 18.1. The van der Waals surface area contributed by atoms with Crippen LogP contribution in [0.15, 0.2) is 77.7 Å². The maximum atomic E-state index is 13.4. The fraction of sp³-hybridized carbons (Fsp3) is 0.174. The number of halogens is 2. The van der Waals surface area contributed by atoms with Gasteiger partial charge in [0.05, 0.1) is 17.7 Å². The summed E-state index contributed by atoms with van der Waals surface area (Å²) in [7, 11) is -2.65. The van der Waals surface area contributed by atoms with Gasteiger partial charge in [0.15, 0.2) is 0 Å². The molecular weight excluding hydrogens is 438 g/mol. The van der Waals surface area contributed by atoms with Crippen molar-refractivity contribution in [2.45, 2.75) is 11.3 Å². The quantitative estimate of drug-likeness (QED) is 0.530. The van der Waals surface area contributed by atoms with Crippen molar-refractivity contribution in [3.8, 4) is 5.75 Å². The molecule has 168 valence electrons. The Labute approximate surface area is 185 Å². The fourth-order valence-corrected chi connectivity index (χ4v) is 4.40. The molecule has 0 unspecified atom stereocenters. The summed E-state index contributed by atoms with van der Waals surface area (Å²) in [6.07, 6.45) is 0.452. The van der Waals surface area contributed by atoms with E-state index in [4.69, 9.17) is 4.74 Å². The summed E-state index contributed by atoms with van der Waals surface area (Å²) in [4.78, 5) is 12.5. The van der Waals surface area contributed by atoms with Gasteiger partial charge in [-0.3, -0.25) is 9.10 Å². The third-order valence-corrected chi connectivity index (χ3v) is 6.49. The molecule has 0 aliphatic rings. The van der Waals surface area contributed by atoms with Crippen molar-refractivity contribution in [3.05, 3.63) is 90.0 Å². The summed E-state index contributed by atoms with van der Waals surface area (Å²) in [5.41, 5.74) is 0.976. The van der Waals surface area contributed by atoms with Crippen LogP contribution in [0.1, 0.15) is 5.56 Å². The highest BCUT2D eigenvalue weighted by Gasteiger charge is 2.27. The van der Waals surface area contributed by atoms with Gasteiger partial charge < -0.3 is 10.1 Å². The molecule has 32 heavy (non-hydrogen) atoms. The first-order valence-electron chi connectivity index (χ1n) is 9.73. The molecule has 0 aliphatic heterocycles. The van der Waals surface area contributed by atoms with Crippen LogP contribution in [0.5, 0.6) is 5.75 Å². The van der Waals surface area contributed by atoms with E-state index in [2.05, 4.69) is 5.32 Å². The second-order valence-corrected chi connectivity index (χ2v) is 8.75. The number of benzene rings is 3. The molecule has 0 heterocycles. The maximum Gasteiger partial charge on any atom is 0.264 e. The number of rotatable bonds is 9. The molecule has 0 aromatic heterocycles. The Morgan fingerprint density at radius 1 is 0.906 bits per heavy atom. The highest BCUT2D eigenvalue weighted by molar-refractivity contribution is 7.92. The van der Waals surface area contributed by atoms with Crippen LogP contribution in [0.3, 0.4) is 0 Å². The zero-order valence-electron chi connectivity index (χ0n) is 17.3. The molecule has 3 rings (SSSR count). The van der Waals surface area contributed by atoms with Gasteiger partial charge in [0.25, 0.3) is 10.0 Å². The van der Waals surface area contributed by atoms with Gasteiger partial charge in [-0.1, -0.05) is 12.1 Å². The standard InChI is InChI=1S/C23H22F2N2O4S/c1-31-21-10-12-22(13-11-21)32(29,30)27(20-8-6-19(25)7-9-20)16-23(28)26-15-14-17-2-4-18(24)5-3-17/h2-13H,14-16H2,1H3,(H,26,28). The lowest BCUT2D eigenvalue weighted by molar-refractivity contribution is -0.119. The van der Waals surface area contributed by atoms with Crippen molar-refractivity contribution >= 4 is 21.6 Å². The second kappa shape index (κ2) is 10.2. The van der Waals surface area contributed by atoms with Crippen LogP contribution in [0.4, 0.5) is 14.5 Å². The topological polar surface area (TPSA) is 75.7 Å². The number of methoxy groups -OCH3 is 1. The predicted octanol–water partition coefficient (Wildman–Crippen LogP) is 3.53. The summed E-state index contributed by atoms with van der Waals surface area (Å²) in [5, 5.41) is 2.67. The average molecular weight is 461 g/mol. The molecule has 6 nitrogen and oxygen atoms in total. The Morgan fingerprint density at radius 2 is 1.47 bits per heavy atom. The highest BCUT2D eigenvalue weighted by atomic mass is 32.2. The summed E-state index contributed by atoms with van der Waals surface area (Å²) < 4.78 is 58.9. The lowest BCUT2D eigenvalue weighted by Gasteiger charge is -2.24. The maximum absolute atomic E-state index is 13.4. The van der Waals surface area contributed by atoms with Crippen LogP contribution in [0.2, 0.25) is 0 Å². The van der Waals surface area contributed by atoms with Crippen LogP contribution in [-0.4, -0.2) is 34.5 Å². The normalized spacial score (nSPS) is 11.1. The average Bonchev–Trinajstić information content (AvgIpc) is 2.79. The minimum Gasteiger partial charge on any atom is -0.497 e. The first-order chi connectivity index (χ1) is 15.3. The van der Waals surface area contributed by atoms with Crippen LogP contribution in [-0.2, 0) is 21.2 Å². The van der Waals surface area contributed by atoms with E-state index in [0.717, 1.165) is 22.0 Å². The van der Waals surface area contributed by atoms with Crippen molar-refractivity contribution in [2.75, 3.05) is 24.5 Å². The second-order valence-electron chi connectivity index (χ2n) is 6.89. The molecule has 0 aliphatic carbocycles. The van der Waals surface area contributed by atoms with Gasteiger partial charge in [-0.2, -0.15) is 0 Å². The Hall–Kier alpha value is -3.46. The molecule has 0 saturated heterocycles. The molecule has 1 N–H and O–H groups in total. The number of carbonyl (C=O) groups excluding carboxylic acids is 1. The number of anilines is 1. The van der Waals surface area contributed by atoms with E-state index in [-0.39, 0.29) is 22.9 Å². The van der Waals surface area contributed by atoms with Gasteiger partial charge in [0.1, 0.15) is 23.9 Å². The molecule has 9 heteroatoms. The molecule has 0 bridgehead atoms.